The van der Waals surface area contributed by atoms with E-state index in [1.165, 1.54) is 6.07 Å². The third-order valence-electron chi connectivity index (χ3n) is 3.88. The van der Waals surface area contributed by atoms with Crippen LogP contribution in [0.15, 0.2) is 24.3 Å². The Balaban J connectivity index is 2.15. The van der Waals surface area contributed by atoms with Gasteiger partial charge in [-0.1, -0.05) is 25.1 Å². The van der Waals surface area contributed by atoms with Crippen LogP contribution in [0.3, 0.4) is 0 Å². The second-order valence-electron chi connectivity index (χ2n) is 5.73. The van der Waals surface area contributed by atoms with Gasteiger partial charge in [-0.3, -0.25) is 4.90 Å². The fourth-order valence-electron chi connectivity index (χ4n) is 2.82. The number of sulfone groups is 1. The zero-order chi connectivity index (χ0) is 16.4. The minimum absolute atomic E-state index is 0.0977. The highest BCUT2D eigenvalue weighted by Gasteiger charge is 2.33. The third kappa shape index (κ3) is 4.46. The van der Waals surface area contributed by atoms with Crippen LogP contribution in [0.2, 0.25) is 0 Å². The number of halogens is 3. The number of rotatable bonds is 5. The topological polar surface area (TPSA) is 37.4 Å². The summed E-state index contributed by atoms with van der Waals surface area (Å²) in [6, 6.07) is 5.15. The molecule has 0 spiro atoms. The molecule has 1 aliphatic heterocycles. The monoisotopic (exact) mass is 335 g/mol. The second kappa shape index (κ2) is 6.58. The van der Waals surface area contributed by atoms with Crippen molar-refractivity contribution < 1.29 is 21.6 Å². The van der Waals surface area contributed by atoms with Crippen LogP contribution in [0.4, 0.5) is 13.2 Å². The number of alkyl halides is 3. The Bertz CT molecular complexity index is 613. The number of benzene rings is 1. The molecular formula is C15H20F3NO2S. The van der Waals surface area contributed by atoms with Crippen LogP contribution in [0.1, 0.15) is 30.9 Å². The molecule has 1 heterocycles. The summed E-state index contributed by atoms with van der Waals surface area (Å²) in [4.78, 5) is 1.99. The molecule has 124 valence electrons. The van der Waals surface area contributed by atoms with Gasteiger partial charge < -0.3 is 0 Å². The first-order chi connectivity index (χ1) is 10.2. The first-order valence-electron chi connectivity index (χ1n) is 7.32. The number of hydrogen-bond donors (Lipinski definition) is 0. The van der Waals surface area contributed by atoms with Crippen molar-refractivity contribution in [3.63, 3.8) is 0 Å². The van der Waals surface area contributed by atoms with Crippen LogP contribution in [-0.4, -0.2) is 37.4 Å². The Morgan fingerprint density at radius 1 is 1.32 bits per heavy atom. The lowest BCUT2D eigenvalue weighted by molar-refractivity contribution is -0.137. The maximum atomic E-state index is 12.8. The van der Waals surface area contributed by atoms with Crippen molar-refractivity contribution in [3.05, 3.63) is 35.4 Å². The van der Waals surface area contributed by atoms with E-state index < -0.39 is 21.6 Å². The van der Waals surface area contributed by atoms with Gasteiger partial charge in [0.2, 0.25) is 0 Å². The van der Waals surface area contributed by atoms with E-state index in [2.05, 4.69) is 0 Å². The number of hydrogen-bond acceptors (Lipinski definition) is 3. The van der Waals surface area contributed by atoms with Gasteiger partial charge in [0.25, 0.3) is 0 Å². The van der Waals surface area contributed by atoms with Gasteiger partial charge in [0.1, 0.15) is 0 Å². The van der Waals surface area contributed by atoms with Crippen LogP contribution in [-0.2, 0) is 22.6 Å². The van der Waals surface area contributed by atoms with Crippen molar-refractivity contribution in [2.24, 2.45) is 0 Å². The first-order valence-corrected chi connectivity index (χ1v) is 9.14. The lowest BCUT2D eigenvalue weighted by atomic mass is 10.1. The van der Waals surface area contributed by atoms with Gasteiger partial charge in [-0.2, -0.15) is 13.2 Å². The zero-order valence-corrected chi connectivity index (χ0v) is 13.3. The summed E-state index contributed by atoms with van der Waals surface area (Å²) in [5.74, 6) is 0.270. The summed E-state index contributed by atoms with van der Waals surface area (Å²) >= 11 is 0. The quantitative estimate of drug-likeness (QED) is 0.830. The average molecular weight is 335 g/mol. The standard InChI is InChI=1S/C15H20F3NO2S/c1-2-7-19(14-6-8-22(20,21)11-14)10-12-4-3-5-13(9-12)15(16,17)18/h3-5,9,14H,2,6-8,10-11H2,1H3/t14-/m0/s1. The fraction of sp³-hybridized carbons (Fsp3) is 0.600. The molecule has 0 aromatic heterocycles. The second-order valence-corrected chi connectivity index (χ2v) is 7.95. The molecule has 0 amide bonds. The molecule has 1 aromatic carbocycles. The van der Waals surface area contributed by atoms with Crippen LogP contribution in [0, 0.1) is 0 Å². The summed E-state index contributed by atoms with van der Waals surface area (Å²) in [6.45, 7) is 3.00. The molecule has 22 heavy (non-hydrogen) atoms. The largest absolute Gasteiger partial charge is 0.416 e. The van der Waals surface area contributed by atoms with Crippen molar-refractivity contribution in [1.82, 2.24) is 4.90 Å². The molecule has 7 heteroatoms. The molecule has 2 rings (SSSR count). The van der Waals surface area contributed by atoms with E-state index in [4.69, 9.17) is 0 Å². The number of nitrogens with zero attached hydrogens (tertiary/aromatic N) is 1. The maximum absolute atomic E-state index is 12.8. The molecule has 1 saturated heterocycles. The molecule has 1 aromatic rings. The zero-order valence-electron chi connectivity index (χ0n) is 12.4. The van der Waals surface area contributed by atoms with E-state index in [1.54, 1.807) is 6.07 Å². The van der Waals surface area contributed by atoms with Crippen LogP contribution >= 0.6 is 0 Å². The summed E-state index contributed by atoms with van der Waals surface area (Å²) in [5, 5.41) is 0. The van der Waals surface area contributed by atoms with E-state index in [0.29, 0.717) is 25.1 Å². The van der Waals surface area contributed by atoms with Crippen molar-refractivity contribution >= 4 is 9.84 Å². The predicted octanol–water partition coefficient (Wildman–Crippen LogP) is 3.10. The lowest BCUT2D eigenvalue weighted by Crippen LogP contribution is -2.36. The van der Waals surface area contributed by atoms with Gasteiger partial charge in [0, 0.05) is 12.6 Å². The molecular weight excluding hydrogens is 315 g/mol. The summed E-state index contributed by atoms with van der Waals surface area (Å²) in [6.07, 6.45) is -2.97. The van der Waals surface area contributed by atoms with Gasteiger partial charge in [-0.05, 0) is 31.0 Å². The van der Waals surface area contributed by atoms with Gasteiger partial charge in [-0.25, -0.2) is 8.42 Å². The normalized spacial score (nSPS) is 21.4. The molecule has 0 bridgehead atoms. The minimum atomic E-state index is -4.36. The first kappa shape index (κ1) is 17.3. The molecule has 1 atom stereocenters. The SMILES string of the molecule is CCCN(Cc1cccc(C(F)(F)F)c1)[C@H]1CCS(=O)(=O)C1. The van der Waals surface area contributed by atoms with Crippen LogP contribution in [0.5, 0.6) is 0 Å². The third-order valence-corrected chi connectivity index (χ3v) is 5.63. The average Bonchev–Trinajstić information content (AvgIpc) is 2.78. The van der Waals surface area contributed by atoms with Crippen molar-refractivity contribution in [2.45, 2.75) is 38.5 Å². The Morgan fingerprint density at radius 2 is 2.05 bits per heavy atom. The Hall–Kier alpha value is -1.08. The molecule has 3 nitrogen and oxygen atoms in total. The minimum Gasteiger partial charge on any atom is -0.295 e. The van der Waals surface area contributed by atoms with Crippen molar-refractivity contribution in [1.29, 1.82) is 0 Å². The van der Waals surface area contributed by atoms with E-state index in [0.717, 1.165) is 18.6 Å². The maximum Gasteiger partial charge on any atom is 0.416 e. The molecule has 1 aliphatic rings. The molecule has 0 aliphatic carbocycles. The molecule has 1 fully saturated rings. The predicted molar refractivity (Wildman–Crippen MR) is 79.2 cm³/mol. The van der Waals surface area contributed by atoms with Gasteiger partial charge in [-0.15, -0.1) is 0 Å². The molecule has 0 radical (unpaired) electrons. The van der Waals surface area contributed by atoms with E-state index in [1.807, 2.05) is 11.8 Å². The Labute approximate surface area is 129 Å². The summed E-state index contributed by atoms with van der Waals surface area (Å²) in [5.41, 5.74) is -0.104. The van der Waals surface area contributed by atoms with E-state index in [-0.39, 0.29) is 17.5 Å². The smallest absolute Gasteiger partial charge is 0.295 e. The molecule has 0 N–H and O–H groups in total. The van der Waals surface area contributed by atoms with Gasteiger partial charge in [0.15, 0.2) is 9.84 Å². The highest BCUT2D eigenvalue weighted by molar-refractivity contribution is 7.91. The lowest BCUT2D eigenvalue weighted by Gasteiger charge is -2.28. The summed E-state index contributed by atoms with van der Waals surface area (Å²) in [7, 11) is -3.00. The Morgan fingerprint density at radius 3 is 2.59 bits per heavy atom. The van der Waals surface area contributed by atoms with Crippen LogP contribution < -0.4 is 0 Å². The van der Waals surface area contributed by atoms with E-state index in [9.17, 15) is 21.6 Å². The van der Waals surface area contributed by atoms with Crippen LogP contribution in [0.25, 0.3) is 0 Å². The molecule has 0 unspecified atom stereocenters. The van der Waals surface area contributed by atoms with E-state index >= 15 is 0 Å². The summed E-state index contributed by atoms with van der Waals surface area (Å²) < 4.78 is 61.5. The Kier molecular flexibility index (Phi) is 5.17. The van der Waals surface area contributed by atoms with Gasteiger partial charge in [0.05, 0.1) is 17.1 Å². The molecule has 0 saturated carbocycles. The highest BCUT2D eigenvalue weighted by atomic mass is 32.2. The van der Waals surface area contributed by atoms with Crippen molar-refractivity contribution in [3.8, 4) is 0 Å². The van der Waals surface area contributed by atoms with Gasteiger partial charge >= 0.3 is 6.18 Å². The van der Waals surface area contributed by atoms with Crippen molar-refractivity contribution in [2.75, 3.05) is 18.1 Å². The highest BCUT2D eigenvalue weighted by Crippen LogP contribution is 2.30. The fourth-order valence-corrected chi connectivity index (χ4v) is 4.58.